The van der Waals surface area contributed by atoms with Gasteiger partial charge in [0.2, 0.25) is 5.60 Å². The quantitative estimate of drug-likeness (QED) is 0.450. The molecule has 0 spiro atoms. The number of anilines is 1. The number of nitrogens with zero attached hydrogens (tertiary/aromatic N) is 4. The van der Waals surface area contributed by atoms with Gasteiger partial charge < -0.3 is 25.4 Å². The molecule has 31 heavy (non-hydrogen) atoms. The minimum Gasteiger partial charge on any atom is -0.462 e. The predicted octanol–water partition coefficient (Wildman–Crippen LogP) is -0.348. The molecule has 1 fully saturated rings. The van der Waals surface area contributed by atoms with Crippen molar-refractivity contribution in [3.63, 3.8) is 0 Å². The number of hydrogen-bond acceptors (Lipinski definition) is 11. The first-order valence-corrected chi connectivity index (χ1v) is 10.7. The molecule has 2 aromatic heterocycles. The van der Waals surface area contributed by atoms with Crippen LogP contribution in [0.3, 0.4) is 0 Å². The molecule has 1 aliphatic rings. The second-order valence-electron chi connectivity index (χ2n) is 7.40. The Balaban J connectivity index is 1.68. The maximum atomic E-state index is 12.0. The van der Waals surface area contributed by atoms with Gasteiger partial charge in [-0.05, 0) is 12.1 Å². The van der Waals surface area contributed by atoms with Crippen molar-refractivity contribution in [3.8, 4) is 6.07 Å². The Morgan fingerprint density at radius 3 is 2.84 bits per heavy atom. The third kappa shape index (κ3) is 4.35. The number of ether oxygens (including phenoxy) is 2. The van der Waals surface area contributed by atoms with Gasteiger partial charge in [0.05, 0.1) is 17.2 Å². The van der Waals surface area contributed by atoms with Crippen LogP contribution in [0.25, 0.3) is 5.52 Å². The zero-order chi connectivity index (χ0) is 22.8. The van der Waals surface area contributed by atoms with Gasteiger partial charge in [-0.15, -0.1) is 11.8 Å². The Kier molecular flexibility index (Phi) is 6.80. The van der Waals surface area contributed by atoms with Crippen LogP contribution in [0.4, 0.5) is 5.82 Å². The number of aliphatic hydroxyl groups excluding tert-OH is 2. The van der Waals surface area contributed by atoms with Crippen molar-refractivity contribution in [1.82, 2.24) is 14.6 Å². The van der Waals surface area contributed by atoms with Crippen molar-refractivity contribution in [2.45, 2.75) is 37.8 Å². The molecular formula is C19H23N5O6S. The van der Waals surface area contributed by atoms with E-state index in [4.69, 9.17) is 15.2 Å². The van der Waals surface area contributed by atoms with E-state index in [9.17, 15) is 25.1 Å². The van der Waals surface area contributed by atoms with Crippen LogP contribution in [0.2, 0.25) is 0 Å². The number of nitrogens with two attached hydrogens (primary N) is 1. The smallest absolute Gasteiger partial charge is 0.315 e. The lowest BCUT2D eigenvalue weighted by atomic mass is 9.92. The maximum Gasteiger partial charge on any atom is 0.315 e. The molecule has 11 nitrogen and oxygen atoms in total. The molecule has 0 aromatic carbocycles. The first kappa shape index (κ1) is 23.0. The van der Waals surface area contributed by atoms with Crippen LogP contribution < -0.4 is 5.73 Å². The fourth-order valence-electron chi connectivity index (χ4n) is 3.17. The van der Waals surface area contributed by atoms with Crippen LogP contribution in [-0.2, 0) is 24.7 Å². The Labute approximate surface area is 182 Å². The molecule has 4 N–H and O–H groups in total. The molecular weight excluding hydrogens is 426 g/mol. The second-order valence-corrected chi connectivity index (χ2v) is 8.38. The van der Waals surface area contributed by atoms with E-state index in [1.807, 2.05) is 6.07 Å². The lowest BCUT2D eigenvalue weighted by molar-refractivity contribution is -0.147. The van der Waals surface area contributed by atoms with Crippen LogP contribution in [0.5, 0.6) is 0 Å². The van der Waals surface area contributed by atoms with Crippen LogP contribution >= 0.6 is 11.8 Å². The summed E-state index contributed by atoms with van der Waals surface area (Å²) in [6, 6.07) is 4.97. The number of thioether (sulfide) groups is 1. The fraction of sp³-hybridized carbons (Fsp3) is 0.526. The fourth-order valence-corrected chi connectivity index (χ4v) is 4.06. The van der Waals surface area contributed by atoms with Gasteiger partial charge in [0.1, 0.15) is 48.6 Å². The number of rotatable bonds is 8. The van der Waals surface area contributed by atoms with Crippen molar-refractivity contribution in [2.24, 2.45) is 5.92 Å². The van der Waals surface area contributed by atoms with Crippen molar-refractivity contribution in [2.75, 3.05) is 23.8 Å². The molecule has 166 valence electrons. The average Bonchev–Trinajstić information content (AvgIpc) is 3.28. The Morgan fingerprint density at radius 2 is 2.16 bits per heavy atom. The number of nitriles is 1. The molecule has 0 bridgehead atoms. The molecule has 0 amide bonds. The topological polar surface area (TPSA) is 173 Å². The number of fused-ring (bicyclic) bond motifs is 1. The van der Waals surface area contributed by atoms with E-state index in [0.717, 1.165) is 11.8 Å². The molecule has 0 unspecified atom stereocenters. The third-order valence-electron chi connectivity index (χ3n) is 5.00. The van der Waals surface area contributed by atoms with E-state index >= 15 is 0 Å². The largest absolute Gasteiger partial charge is 0.462 e. The first-order chi connectivity index (χ1) is 14.7. The Bertz CT molecular complexity index is 1020. The maximum absolute atomic E-state index is 12.0. The predicted molar refractivity (Wildman–Crippen MR) is 110 cm³/mol. The SMILES string of the molecule is CC(C)C(=O)CSCC(=O)OC[C@H]1O[C@@](C#N)(c2ccc3c(N)ncnn23)[C@H](O)[C@@H]1O. The summed E-state index contributed by atoms with van der Waals surface area (Å²) >= 11 is 1.13. The monoisotopic (exact) mass is 449 g/mol. The number of aromatic nitrogens is 3. The number of carbonyl (C=O) groups excluding carboxylic acids is 2. The summed E-state index contributed by atoms with van der Waals surface area (Å²) in [5, 5.41) is 35.0. The van der Waals surface area contributed by atoms with Gasteiger partial charge in [-0.25, -0.2) is 9.50 Å². The van der Waals surface area contributed by atoms with E-state index in [1.54, 1.807) is 19.9 Å². The van der Waals surface area contributed by atoms with Gasteiger partial charge in [0, 0.05) is 5.92 Å². The first-order valence-electron chi connectivity index (χ1n) is 9.51. The van der Waals surface area contributed by atoms with Gasteiger partial charge in [0.15, 0.2) is 5.82 Å². The van der Waals surface area contributed by atoms with E-state index in [-0.39, 0.29) is 41.3 Å². The summed E-state index contributed by atoms with van der Waals surface area (Å²) in [6.45, 7) is 3.18. The molecule has 4 atom stereocenters. The summed E-state index contributed by atoms with van der Waals surface area (Å²) in [6.07, 6.45) is -3.08. The number of hydrogen-bond donors (Lipinski definition) is 3. The molecule has 0 saturated carbocycles. The molecule has 0 radical (unpaired) electrons. The van der Waals surface area contributed by atoms with Gasteiger partial charge in [0.25, 0.3) is 0 Å². The van der Waals surface area contributed by atoms with E-state index < -0.39 is 29.9 Å². The highest BCUT2D eigenvalue weighted by atomic mass is 32.2. The average molecular weight is 449 g/mol. The zero-order valence-corrected chi connectivity index (χ0v) is 17.8. The number of aliphatic hydroxyl groups is 2. The minimum atomic E-state index is -1.96. The highest BCUT2D eigenvalue weighted by molar-refractivity contribution is 8.00. The summed E-state index contributed by atoms with van der Waals surface area (Å²) in [5.74, 6) is -0.378. The molecule has 1 aliphatic heterocycles. The van der Waals surface area contributed by atoms with Gasteiger partial charge in [-0.2, -0.15) is 10.4 Å². The highest BCUT2D eigenvalue weighted by Crippen LogP contribution is 2.40. The number of nitrogen functional groups attached to an aromatic ring is 1. The van der Waals surface area contributed by atoms with Crippen molar-refractivity contribution >= 4 is 34.8 Å². The summed E-state index contributed by atoms with van der Waals surface area (Å²) in [5.41, 5.74) is 4.41. The summed E-state index contributed by atoms with van der Waals surface area (Å²) in [4.78, 5) is 27.4. The normalized spacial score (nSPS) is 25.6. The number of ketones is 1. The van der Waals surface area contributed by atoms with Gasteiger partial charge in [-0.1, -0.05) is 13.8 Å². The minimum absolute atomic E-state index is 0.0261. The van der Waals surface area contributed by atoms with Crippen LogP contribution in [-0.4, -0.2) is 73.0 Å². The number of esters is 1. The van der Waals surface area contributed by atoms with Crippen molar-refractivity contribution in [1.29, 1.82) is 5.26 Å². The molecule has 0 aliphatic carbocycles. The third-order valence-corrected chi connectivity index (χ3v) is 5.93. The molecule has 2 aromatic rings. The lowest BCUT2D eigenvalue weighted by Gasteiger charge is -2.24. The second kappa shape index (κ2) is 9.19. The number of carbonyl (C=O) groups is 2. The highest BCUT2D eigenvalue weighted by Gasteiger charge is 2.57. The standard InChI is InChI=1S/C19H23N5O6S/c1-10(2)12(25)6-31-7-15(26)29-5-13-16(27)17(28)19(8-20,30-13)14-4-3-11-18(21)22-9-23-24(11)14/h3-4,9-10,13,16-17,27-28H,5-7H2,1-2H3,(H2,21,22,23)/t13-,16-,17-,19+/m1/s1. The Hall–Kier alpha value is -2.72. The van der Waals surface area contributed by atoms with Crippen molar-refractivity contribution in [3.05, 3.63) is 24.2 Å². The molecule has 1 saturated heterocycles. The van der Waals surface area contributed by atoms with Crippen LogP contribution in [0.1, 0.15) is 19.5 Å². The van der Waals surface area contributed by atoms with Crippen LogP contribution in [0.15, 0.2) is 18.5 Å². The number of Topliss-reactive ketones (excluding diaryl/α,β-unsaturated/α-hetero) is 1. The molecule has 12 heteroatoms. The van der Waals surface area contributed by atoms with Gasteiger partial charge in [-0.3, -0.25) is 9.59 Å². The summed E-state index contributed by atoms with van der Waals surface area (Å²) in [7, 11) is 0. The van der Waals surface area contributed by atoms with E-state index in [2.05, 4.69) is 10.1 Å². The van der Waals surface area contributed by atoms with Crippen LogP contribution in [0, 0.1) is 17.2 Å². The summed E-state index contributed by atoms with van der Waals surface area (Å²) < 4.78 is 12.1. The van der Waals surface area contributed by atoms with Crippen molar-refractivity contribution < 1.29 is 29.3 Å². The molecule has 3 heterocycles. The molecule has 3 rings (SSSR count). The van der Waals surface area contributed by atoms with E-state index in [1.165, 1.54) is 16.9 Å². The Morgan fingerprint density at radius 1 is 1.42 bits per heavy atom. The van der Waals surface area contributed by atoms with E-state index in [0.29, 0.717) is 5.52 Å². The lowest BCUT2D eigenvalue weighted by Crippen LogP contribution is -2.41. The van der Waals surface area contributed by atoms with Gasteiger partial charge >= 0.3 is 5.97 Å². The zero-order valence-electron chi connectivity index (χ0n) is 17.0.